The fourth-order valence-corrected chi connectivity index (χ4v) is 2.27. The van der Waals surface area contributed by atoms with E-state index in [0.717, 1.165) is 6.42 Å². The highest BCUT2D eigenvalue weighted by Crippen LogP contribution is 2.19. The van der Waals surface area contributed by atoms with Crippen molar-refractivity contribution >= 4 is 5.91 Å². The molecule has 3 N–H and O–H groups in total. The SMILES string of the molecule is O=C(COc1ccccc1F)N[C@@H]1CCC[C@@H](O)[C@@H]1O. The Labute approximate surface area is 116 Å². The van der Waals surface area contributed by atoms with Crippen LogP contribution >= 0.6 is 0 Å². The Morgan fingerprint density at radius 3 is 2.85 bits per heavy atom. The van der Waals surface area contributed by atoms with Crippen molar-refractivity contribution in [2.45, 2.75) is 37.5 Å². The van der Waals surface area contributed by atoms with Crippen LogP contribution in [0.25, 0.3) is 0 Å². The number of carbonyl (C=O) groups excluding carboxylic acids is 1. The van der Waals surface area contributed by atoms with E-state index in [1.807, 2.05) is 0 Å². The monoisotopic (exact) mass is 283 g/mol. The van der Waals surface area contributed by atoms with Crippen LogP contribution in [0.4, 0.5) is 4.39 Å². The summed E-state index contributed by atoms with van der Waals surface area (Å²) in [5.41, 5.74) is 0. The number of benzene rings is 1. The smallest absolute Gasteiger partial charge is 0.258 e. The second kappa shape index (κ2) is 6.67. The van der Waals surface area contributed by atoms with Crippen LogP contribution in [-0.4, -0.2) is 41.0 Å². The van der Waals surface area contributed by atoms with Gasteiger partial charge in [0.1, 0.15) is 0 Å². The van der Waals surface area contributed by atoms with E-state index < -0.39 is 30.0 Å². The van der Waals surface area contributed by atoms with Crippen LogP contribution in [0.15, 0.2) is 24.3 Å². The molecule has 20 heavy (non-hydrogen) atoms. The van der Waals surface area contributed by atoms with Crippen molar-refractivity contribution in [1.29, 1.82) is 0 Å². The minimum absolute atomic E-state index is 0.00637. The third-order valence-electron chi connectivity index (χ3n) is 3.36. The minimum Gasteiger partial charge on any atom is -0.481 e. The maximum absolute atomic E-state index is 13.3. The lowest BCUT2D eigenvalue weighted by Crippen LogP contribution is -2.51. The molecule has 0 spiro atoms. The number of halogens is 1. The molecule has 0 bridgehead atoms. The fourth-order valence-electron chi connectivity index (χ4n) is 2.27. The van der Waals surface area contributed by atoms with Gasteiger partial charge in [-0.25, -0.2) is 4.39 Å². The molecule has 1 aliphatic carbocycles. The number of rotatable bonds is 4. The first-order chi connectivity index (χ1) is 9.58. The van der Waals surface area contributed by atoms with Crippen molar-refractivity contribution in [3.8, 4) is 5.75 Å². The molecule has 1 aromatic carbocycles. The van der Waals surface area contributed by atoms with Crippen LogP contribution in [0.5, 0.6) is 5.75 Å². The van der Waals surface area contributed by atoms with Gasteiger partial charge in [0.2, 0.25) is 0 Å². The van der Waals surface area contributed by atoms with Crippen LogP contribution < -0.4 is 10.1 Å². The van der Waals surface area contributed by atoms with E-state index in [1.165, 1.54) is 18.2 Å². The van der Waals surface area contributed by atoms with Crippen LogP contribution in [0, 0.1) is 5.82 Å². The zero-order valence-corrected chi connectivity index (χ0v) is 11.0. The average molecular weight is 283 g/mol. The molecule has 3 atom stereocenters. The van der Waals surface area contributed by atoms with Crippen molar-refractivity contribution in [2.24, 2.45) is 0 Å². The van der Waals surface area contributed by atoms with Gasteiger partial charge >= 0.3 is 0 Å². The Hall–Kier alpha value is -1.66. The molecule has 1 amide bonds. The van der Waals surface area contributed by atoms with E-state index in [1.54, 1.807) is 6.07 Å². The van der Waals surface area contributed by atoms with Gasteiger partial charge in [-0.3, -0.25) is 4.79 Å². The summed E-state index contributed by atoms with van der Waals surface area (Å²) in [5, 5.41) is 21.9. The molecule has 6 heteroatoms. The summed E-state index contributed by atoms with van der Waals surface area (Å²) in [6.45, 7) is -0.333. The van der Waals surface area contributed by atoms with Gasteiger partial charge in [-0.05, 0) is 31.4 Å². The highest BCUT2D eigenvalue weighted by atomic mass is 19.1. The molecule has 0 heterocycles. The zero-order valence-electron chi connectivity index (χ0n) is 11.0. The second-order valence-corrected chi connectivity index (χ2v) is 4.88. The number of carbonyl (C=O) groups is 1. The minimum atomic E-state index is -0.971. The fraction of sp³-hybridized carbons (Fsp3) is 0.500. The zero-order chi connectivity index (χ0) is 14.5. The molecule has 0 aliphatic heterocycles. The molecular formula is C14H18FNO4. The molecule has 5 nitrogen and oxygen atoms in total. The third kappa shape index (κ3) is 3.68. The first kappa shape index (κ1) is 14.7. The molecule has 0 radical (unpaired) electrons. The van der Waals surface area contributed by atoms with Gasteiger partial charge < -0.3 is 20.3 Å². The molecule has 0 saturated heterocycles. The van der Waals surface area contributed by atoms with Gasteiger partial charge in [0.05, 0.1) is 18.2 Å². The first-order valence-electron chi connectivity index (χ1n) is 6.61. The van der Waals surface area contributed by atoms with Crippen molar-refractivity contribution in [1.82, 2.24) is 5.32 Å². The predicted molar refractivity (Wildman–Crippen MR) is 69.7 cm³/mol. The predicted octanol–water partition coefficient (Wildman–Crippen LogP) is 0.595. The van der Waals surface area contributed by atoms with Crippen molar-refractivity contribution < 1.29 is 24.1 Å². The van der Waals surface area contributed by atoms with Crippen LogP contribution in [0.3, 0.4) is 0 Å². The second-order valence-electron chi connectivity index (χ2n) is 4.88. The number of aliphatic hydroxyl groups excluding tert-OH is 2. The van der Waals surface area contributed by atoms with Gasteiger partial charge in [-0.15, -0.1) is 0 Å². The van der Waals surface area contributed by atoms with E-state index in [0.29, 0.717) is 12.8 Å². The molecule has 0 unspecified atom stereocenters. The van der Waals surface area contributed by atoms with E-state index in [4.69, 9.17) is 4.74 Å². The van der Waals surface area contributed by atoms with E-state index in [2.05, 4.69) is 5.32 Å². The number of hydrogen-bond donors (Lipinski definition) is 3. The van der Waals surface area contributed by atoms with Gasteiger partial charge in [0, 0.05) is 0 Å². The van der Waals surface area contributed by atoms with Crippen molar-refractivity contribution in [3.63, 3.8) is 0 Å². The number of ether oxygens (including phenoxy) is 1. The Morgan fingerprint density at radius 2 is 2.10 bits per heavy atom. The lowest BCUT2D eigenvalue weighted by molar-refractivity contribution is -0.126. The summed E-state index contributed by atoms with van der Waals surface area (Å²) < 4.78 is 18.4. The Morgan fingerprint density at radius 1 is 1.35 bits per heavy atom. The molecular weight excluding hydrogens is 265 g/mol. The summed E-state index contributed by atoms with van der Waals surface area (Å²) >= 11 is 0. The molecule has 1 fully saturated rings. The van der Waals surface area contributed by atoms with Gasteiger partial charge in [-0.1, -0.05) is 12.1 Å². The van der Waals surface area contributed by atoms with Crippen LogP contribution in [0.2, 0.25) is 0 Å². The van der Waals surface area contributed by atoms with E-state index in [9.17, 15) is 19.4 Å². The van der Waals surface area contributed by atoms with Crippen LogP contribution in [-0.2, 0) is 4.79 Å². The normalized spacial score (nSPS) is 26.1. The third-order valence-corrected chi connectivity index (χ3v) is 3.36. The summed E-state index contributed by atoms with van der Waals surface area (Å²) in [6, 6.07) is 5.33. The topological polar surface area (TPSA) is 78.8 Å². The van der Waals surface area contributed by atoms with Crippen LogP contribution in [0.1, 0.15) is 19.3 Å². The highest BCUT2D eigenvalue weighted by molar-refractivity contribution is 5.77. The number of para-hydroxylation sites is 1. The maximum atomic E-state index is 13.3. The quantitative estimate of drug-likeness (QED) is 0.756. The average Bonchev–Trinajstić information content (AvgIpc) is 2.43. The summed E-state index contributed by atoms with van der Waals surface area (Å²) in [7, 11) is 0. The molecule has 1 saturated carbocycles. The largest absolute Gasteiger partial charge is 0.481 e. The summed E-state index contributed by atoms with van der Waals surface area (Å²) in [5.74, 6) is -0.980. The summed E-state index contributed by atoms with van der Waals surface area (Å²) in [6.07, 6.45) is 0.0722. The molecule has 2 rings (SSSR count). The molecule has 0 aromatic heterocycles. The van der Waals surface area contributed by atoms with E-state index >= 15 is 0 Å². The standard InChI is InChI=1S/C14H18FNO4/c15-9-4-1-2-7-12(9)20-8-13(18)16-10-5-3-6-11(17)14(10)19/h1-2,4,7,10-11,14,17,19H,3,5-6,8H2,(H,16,18)/t10-,11-,14-/m1/s1. The van der Waals surface area contributed by atoms with Crippen molar-refractivity contribution in [3.05, 3.63) is 30.1 Å². The van der Waals surface area contributed by atoms with Gasteiger partial charge in [-0.2, -0.15) is 0 Å². The highest BCUT2D eigenvalue weighted by Gasteiger charge is 2.31. The van der Waals surface area contributed by atoms with E-state index in [-0.39, 0.29) is 12.4 Å². The molecule has 110 valence electrons. The molecule has 1 aliphatic rings. The Balaban J connectivity index is 1.82. The number of aliphatic hydroxyl groups is 2. The molecule has 1 aromatic rings. The summed E-state index contributed by atoms with van der Waals surface area (Å²) in [4.78, 5) is 11.7. The number of nitrogens with one attached hydrogen (secondary N) is 1. The lowest BCUT2D eigenvalue weighted by atomic mass is 9.90. The lowest BCUT2D eigenvalue weighted by Gasteiger charge is -2.32. The maximum Gasteiger partial charge on any atom is 0.258 e. The Kier molecular flexibility index (Phi) is 4.92. The van der Waals surface area contributed by atoms with Crippen molar-refractivity contribution in [2.75, 3.05) is 6.61 Å². The Bertz CT molecular complexity index is 468. The van der Waals surface area contributed by atoms with Gasteiger partial charge in [0.25, 0.3) is 5.91 Å². The first-order valence-corrected chi connectivity index (χ1v) is 6.61. The number of hydrogen-bond acceptors (Lipinski definition) is 4. The number of amides is 1. The van der Waals surface area contributed by atoms with Gasteiger partial charge in [0.15, 0.2) is 18.2 Å².